The molecule has 0 aliphatic rings. The predicted molar refractivity (Wildman–Crippen MR) is 76.3 cm³/mol. The van der Waals surface area contributed by atoms with Crippen molar-refractivity contribution in [3.63, 3.8) is 0 Å². The number of fused-ring (bicyclic) bond motifs is 1. The number of aromatic nitrogens is 3. The van der Waals surface area contributed by atoms with Crippen LogP contribution in [0.15, 0.2) is 42.5 Å². The molecule has 0 bridgehead atoms. The van der Waals surface area contributed by atoms with Crippen molar-refractivity contribution in [3.8, 4) is 17.2 Å². The third-order valence-corrected chi connectivity index (χ3v) is 2.92. The normalized spacial score (nSPS) is 10.8. The fourth-order valence-corrected chi connectivity index (χ4v) is 1.95. The van der Waals surface area contributed by atoms with Crippen LogP contribution in [-0.2, 0) is 0 Å². The minimum atomic E-state index is 0.0962. The SMILES string of the molecule is CCCOc1ccc(-n2nc3ccccc3n2)c(O)c1. The smallest absolute Gasteiger partial charge is 0.146 e. The largest absolute Gasteiger partial charge is 0.505 e. The van der Waals surface area contributed by atoms with Gasteiger partial charge in [0, 0.05) is 6.07 Å². The molecule has 0 saturated heterocycles. The second-order valence-electron chi connectivity index (χ2n) is 4.48. The van der Waals surface area contributed by atoms with Crippen molar-refractivity contribution >= 4 is 11.0 Å². The molecule has 0 fully saturated rings. The summed E-state index contributed by atoms with van der Waals surface area (Å²) in [5.41, 5.74) is 2.11. The van der Waals surface area contributed by atoms with Crippen molar-refractivity contribution in [1.29, 1.82) is 0 Å². The average molecular weight is 269 g/mol. The van der Waals surface area contributed by atoms with Gasteiger partial charge in [0.15, 0.2) is 0 Å². The lowest BCUT2D eigenvalue weighted by atomic mass is 10.3. The molecule has 5 heteroatoms. The first-order valence-electron chi connectivity index (χ1n) is 6.56. The molecule has 3 rings (SSSR count). The van der Waals surface area contributed by atoms with Crippen LogP contribution in [0.1, 0.15) is 13.3 Å². The van der Waals surface area contributed by atoms with Gasteiger partial charge >= 0.3 is 0 Å². The molecule has 0 atom stereocenters. The zero-order valence-electron chi connectivity index (χ0n) is 11.2. The first-order valence-corrected chi connectivity index (χ1v) is 6.56. The Morgan fingerprint density at radius 2 is 1.80 bits per heavy atom. The van der Waals surface area contributed by atoms with Gasteiger partial charge in [-0.1, -0.05) is 19.1 Å². The molecule has 20 heavy (non-hydrogen) atoms. The molecule has 3 aromatic rings. The molecule has 0 saturated carbocycles. The van der Waals surface area contributed by atoms with E-state index in [-0.39, 0.29) is 5.75 Å². The van der Waals surface area contributed by atoms with Gasteiger partial charge in [-0.05, 0) is 30.7 Å². The van der Waals surface area contributed by atoms with Crippen LogP contribution in [0, 0.1) is 0 Å². The minimum Gasteiger partial charge on any atom is -0.505 e. The number of benzene rings is 2. The molecule has 0 amide bonds. The van der Waals surface area contributed by atoms with Crippen molar-refractivity contribution in [1.82, 2.24) is 15.0 Å². The van der Waals surface area contributed by atoms with E-state index in [1.54, 1.807) is 18.2 Å². The Kier molecular flexibility index (Phi) is 3.25. The second kappa shape index (κ2) is 5.21. The number of nitrogens with zero attached hydrogens (tertiary/aromatic N) is 3. The van der Waals surface area contributed by atoms with Crippen LogP contribution in [0.5, 0.6) is 11.5 Å². The molecule has 0 aliphatic heterocycles. The standard InChI is InChI=1S/C15H15N3O2/c1-2-9-20-11-7-8-14(15(19)10-11)18-16-12-5-3-4-6-13(12)17-18/h3-8,10,19H,2,9H2,1H3. The molecular formula is C15H15N3O2. The topological polar surface area (TPSA) is 60.2 Å². The quantitative estimate of drug-likeness (QED) is 0.791. The van der Waals surface area contributed by atoms with Crippen LogP contribution in [0.4, 0.5) is 0 Å². The van der Waals surface area contributed by atoms with Crippen LogP contribution in [0.2, 0.25) is 0 Å². The van der Waals surface area contributed by atoms with Crippen LogP contribution >= 0.6 is 0 Å². The summed E-state index contributed by atoms with van der Waals surface area (Å²) < 4.78 is 5.48. The van der Waals surface area contributed by atoms with E-state index >= 15 is 0 Å². The van der Waals surface area contributed by atoms with E-state index < -0.39 is 0 Å². The van der Waals surface area contributed by atoms with E-state index in [0.717, 1.165) is 17.5 Å². The lowest BCUT2D eigenvalue weighted by Gasteiger charge is -2.07. The number of phenols is 1. The van der Waals surface area contributed by atoms with E-state index in [1.807, 2.05) is 31.2 Å². The van der Waals surface area contributed by atoms with Crippen molar-refractivity contribution < 1.29 is 9.84 Å². The van der Waals surface area contributed by atoms with Gasteiger partial charge < -0.3 is 9.84 Å². The van der Waals surface area contributed by atoms with Gasteiger partial charge in [0.1, 0.15) is 28.2 Å². The van der Waals surface area contributed by atoms with Gasteiger partial charge in [-0.3, -0.25) is 0 Å². The number of hydrogen-bond donors (Lipinski definition) is 1. The molecular weight excluding hydrogens is 254 g/mol. The monoisotopic (exact) mass is 269 g/mol. The van der Waals surface area contributed by atoms with Gasteiger partial charge in [0.05, 0.1) is 6.61 Å². The van der Waals surface area contributed by atoms with E-state index in [2.05, 4.69) is 10.2 Å². The van der Waals surface area contributed by atoms with Gasteiger partial charge in [0.2, 0.25) is 0 Å². The molecule has 0 spiro atoms. The molecule has 102 valence electrons. The third-order valence-electron chi connectivity index (χ3n) is 2.92. The summed E-state index contributed by atoms with van der Waals surface area (Å²) in [6, 6.07) is 12.7. The maximum Gasteiger partial charge on any atom is 0.146 e. The number of hydrogen-bond acceptors (Lipinski definition) is 4. The van der Waals surface area contributed by atoms with Crippen molar-refractivity contribution in [3.05, 3.63) is 42.5 Å². The highest BCUT2D eigenvalue weighted by Crippen LogP contribution is 2.26. The average Bonchev–Trinajstić information content (AvgIpc) is 2.88. The van der Waals surface area contributed by atoms with Gasteiger partial charge in [-0.25, -0.2) is 0 Å². The zero-order valence-corrected chi connectivity index (χ0v) is 11.2. The van der Waals surface area contributed by atoms with E-state index in [4.69, 9.17) is 4.74 Å². The van der Waals surface area contributed by atoms with Gasteiger partial charge in [0.25, 0.3) is 0 Å². The Balaban J connectivity index is 1.97. The summed E-state index contributed by atoms with van der Waals surface area (Å²) in [7, 11) is 0. The van der Waals surface area contributed by atoms with E-state index in [0.29, 0.717) is 18.0 Å². The summed E-state index contributed by atoms with van der Waals surface area (Å²) in [5.74, 6) is 0.740. The molecule has 1 N–H and O–H groups in total. The third kappa shape index (κ3) is 2.30. The molecule has 0 unspecified atom stereocenters. The maximum absolute atomic E-state index is 10.1. The van der Waals surface area contributed by atoms with Crippen molar-refractivity contribution in [2.45, 2.75) is 13.3 Å². The molecule has 5 nitrogen and oxygen atoms in total. The van der Waals surface area contributed by atoms with Gasteiger partial charge in [-0.15, -0.1) is 15.0 Å². The lowest BCUT2D eigenvalue weighted by molar-refractivity contribution is 0.315. The van der Waals surface area contributed by atoms with Crippen molar-refractivity contribution in [2.24, 2.45) is 0 Å². The molecule has 1 heterocycles. The highest BCUT2D eigenvalue weighted by atomic mass is 16.5. The number of rotatable bonds is 4. The summed E-state index contributed by atoms with van der Waals surface area (Å²) in [6.45, 7) is 2.66. The fourth-order valence-electron chi connectivity index (χ4n) is 1.95. The molecule has 0 radical (unpaired) electrons. The summed E-state index contributed by atoms with van der Waals surface area (Å²) >= 11 is 0. The predicted octanol–water partition coefficient (Wildman–Crippen LogP) is 2.91. The van der Waals surface area contributed by atoms with Crippen LogP contribution in [-0.4, -0.2) is 26.7 Å². The number of ether oxygens (including phenoxy) is 1. The van der Waals surface area contributed by atoms with Gasteiger partial charge in [-0.2, -0.15) is 0 Å². The summed E-state index contributed by atoms with van der Waals surface area (Å²) in [6.07, 6.45) is 0.925. The van der Waals surface area contributed by atoms with Crippen LogP contribution in [0.3, 0.4) is 0 Å². The number of aromatic hydroxyl groups is 1. The maximum atomic E-state index is 10.1. The van der Waals surface area contributed by atoms with Crippen LogP contribution in [0.25, 0.3) is 16.7 Å². The Hall–Kier alpha value is -2.56. The van der Waals surface area contributed by atoms with Crippen LogP contribution < -0.4 is 4.74 Å². The van der Waals surface area contributed by atoms with E-state index in [9.17, 15) is 5.11 Å². The summed E-state index contributed by atoms with van der Waals surface area (Å²) in [4.78, 5) is 1.43. The Labute approximate surface area is 116 Å². The second-order valence-corrected chi connectivity index (χ2v) is 4.48. The first kappa shape index (κ1) is 12.5. The lowest BCUT2D eigenvalue weighted by Crippen LogP contribution is -2.00. The number of phenolic OH excluding ortho intramolecular Hbond substituents is 1. The molecule has 0 aliphatic carbocycles. The first-order chi connectivity index (χ1) is 9.78. The molecule has 1 aromatic heterocycles. The summed E-state index contributed by atoms with van der Waals surface area (Å²) in [5, 5.41) is 18.8. The van der Waals surface area contributed by atoms with E-state index in [1.165, 1.54) is 4.80 Å². The highest BCUT2D eigenvalue weighted by Gasteiger charge is 2.09. The minimum absolute atomic E-state index is 0.0962. The Bertz CT molecular complexity index is 704. The fraction of sp³-hybridized carbons (Fsp3) is 0.200. The van der Waals surface area contributed by atoms with Crippen molar-refractivity contribution in [2.75, 3.05) is 6.61 Å². The Morgan fingerprint density at radius 1 is 1.10 bits per heavy atom. The Morgan fingerprint density at radius 3 is 2.40 bits per heavy atom. The zero-order chi connectivity index (χ0) is 13.9. The molecule has 2 aromatic carbocycles. The highest BCUT2D eigenvalue weighted by molar-refractivity contribution is 5.73.